The molecular weight excluding hydrogens is 360 g/mol. The maximum absolute atomic E-state index is 5.66. The van der Waals surface area contributed by atoms with Crippen molar-refractivity contribution in [3.8, 4) is 5.88 Å². The molecule has 0 aliphatic rings. The predicted octanol–water partition coefficient (Wildman–Crippen LogP) is 4.14. The first-order chi connectivity index (χ1) is 8.67. The lowest BCUT2D eigenvalue weighted by atomic mass is 10.2. The molecule has 1 aromatic heterocycles. The van der Waals surface area contributed by atoms with Gasteiger partial charge in [-0.3, -0.25) is 0 Å². The zero-order valence-corrected chi connectivity index (χ0v) is 13.0. The Morgan fingerprint density at radius 1 is 1.11 bits per heavy atom. The van der Waals surface area contributed by atoms with E-state index in [1.54, 1.807) is 6.07 Å². The maximum Gasteiger partial charge on any atom is 0.218 e. The topological polar surface area (TPSA) is 35.0 Å². The summed E-state index contributed by atoms with van der Waals surface area (Å²) in [6.45, 7) is 2.51. The van der Waals surface area contributed by atoms with Crippen molar-refractivity contribution in [1.82, 2.24) is 9.97 Å². The van der Waals surface area contributed by atoms with Crippen molar-refractivity contribution in [3.05, 3.63) is 50.8 Å². The number of halogens is 2. The normalized spacial score (nSPS) is 10.4. The Balaban J connectivity index is 2.05. The van der Waals surface area contributed by atoms with Crippen LogP contribution in [0.3, 0.4) is 0 Å². The minimum Gasteiger partial charge on any atom is -0.473 e. The number of hydrogen-bond acceptors (Lipinski definition) is 3. The monoisotopic (exact) mass is 370 g/mol. The molecule has 0 aliphatic heterocycles. The van der Waals surface area contributed by atoms with Crippen molar-refractivity contribution >= 4 is 31.9 Å². The van der Waals surface area contributed by atoms with Gasteiger partial charge in [-0.05, 0) is 33.6 Å². The number of aryl methyl sites for hydroxylation is 1. The summed E-state index contributed by atoms with van der Waals surface area (Å²) in [5.74, 6) is 1.37. The minimum absolute atomic E-state index is 0.500. The van der Waals surface area contributed by atoms with Crippen LogP contribution in [0.1, 0.15) is 18.3 Å². The number of aromatic nitrogens is 2. The SMILES string of the molecule is CCc1nc(Br)cc(OCc2ccc(Br)cc2)n1. The van der Waals surface area contributed by atoms with E-state index in [0.29, 0.717) is 12.5 Å². The van der Waals surface area contributed by atoms with Gasteiger partial charge in [0.05, 0.1) is 0 Å². The third-order valence-electron chi connectivity index (χ3n) is 2.33. The van der Waals surface area contributed by atoms with Crippen LogP contribution in [0, 0.1) is 0 Å². The first-order valence-corrected chi connectivity index (χ1v) is 7.16. The zero-order valence-electron chi connectivity index (χ0n) is 9.86. The molecule has 0 atom stereocenters. The highest BCUT2D eigenvalue weighted by atomic mass is 79.9. The fraction of sp³-hybridized carbons (Fsp3) is 0.231. The van der Waals surface area contributed by atoms with Crippen LogP contribution in [0.4, 0.5) is 0 Å². The molecule has 94 valence electrons. The average molecular weight is 372 g/mol. The minimum atomic E-state index is 0.500. The Hall–Kier alpha value is -0.940. The molecule has 0 bridgehead atoms. The zero-order chi connectivity index (χ0) is 13.0. The highest BCUT2D eigenvalue weighted by Gasteiger charge is 2.03. The Morgan fingerprint density at radius 2 is 1.83 bits per heavy atom. The number of ether oxygens (including phenoxy) is 1. The molecular formula is C13H12Br2N2O. The summed E-state index contributed by atoms with van der Waals surface area (Å²) >= 11 is 6.75. The fourth-order valence-corrected chi connectivity index (χ4v) is 2.08. The van der Waals surface area contributed by atoms with E-state index in [2.05, 4.69) is 41.8 Å². The smallest absolute Gasteiger partial charge is 0.218 e. The Labute approximate surface area is 123 Å². The summed E-state index contributed by atoms with van der Waals surface area (Å²) in [6, 6.07) is 9.79. The van der Waals surface area contributed by atoms with Gasteiger partial charge in [0, 0.05) is 17.0 Å². The Morgan fingerprint density at radius 3 is 2.50 bits per heavy atom. The van der Waals surface area contributed by atoms with Gasteiger partial charge in [-0.25, -0.2) is 4.98 Å². The molecule has 3 nitrogen and oxygen atoms in total. The summed E-state index contributed by atoms with van der Waals surface area (Å²) in [6.07, 6.45) is 0.786. The second kappa shape index (κ2) is 6.29. The Kier molecular flexibility index (Phi) is 4.72. The van der Waals surface area contributed by atoms with Crippen LogP contribution in [0.25, 0.3) is 0 Å². The summed E-state index contributed by atoms with van der Waals surface area (Å²) in [7, 11) is 0. The van der Waals surface area contributed by atoms with Gasteiger partial charge in [0.2, 0.25) is 5.88 Å². The van der Waals surface area contributed by atoms with E-state index in [0.717, 1.165) is 26.9 Å². The number of rotatable bonds is 4. The van der Waals surface area contributed by atoms with Gasteiger partial charge in [-0.15, -0.1) is 0 Å². The van der Waals surface area contributed by atoms with E-state index in [-0.39, 0.29) is 0 Å². The fourth-order valence-electron chi connectivity index (χ4n) is 1.41. The van der Waals surface area contributed by atoms with Crippen LogP contribution in [0.5, 0.6) is 5.88 Å². The van der Waals surface area contributed by atoms with Crippen LogP contribution in [0.2, 0.25) is 0 Å². The van der Waals surface area contributed by atoms with Gasteiger partial charge < -0.3 is 4.74 Å². The van der Waals surface area contributed by atoms with Crippen molar-refractivity contribution in [2.45, 2.75) is 20.0 Å². The molecule has 2 aromatic rings. The summed E-state index contributed by atoms with van der Waals surface area (Å²) in [5.41, 5.74) is 1.10. The quantitative estimate of drug-likeness (QED) is 0.757. The molecule has 0 aliphatic carbocycles. The second-order valence-electron chi connectivity index (χ2n) is 3.71. The van der Waals surface area contributed by atoms with Crippen molar-refractivity contribution in [2.75, 3.05) is 0 Å². The summed E-state index contributed by atoms with van der Waals surface area (Å²) < 4.78 is 7.47. The highest BCUT2D eigenvalue weighted by Crippen LogP contribution is 2.17. The van der Waals surface area contributed by atoms with E-state index >= 15 is 0 Å². The number of nitrogens with zero attached hydrogens (tertiary/aromatic N) is 2. The maximum atomic E-state index is 5.66. The molecule has 0 radical (unpaired) electrons. The highest BCUT2D eigenvalue weighted by molar-refractivity contribution is 9.10. The van der Waals surface area contributed by atoms with Crippen LogP contribution >= 0.6 is 31.9 Å². The van der Waals surface area contributed by atoms with Crippen molar-refractivity contribution in [3.63, 3.8) is 0 Å². The van der Waals surface area contributed by atoms with Crippen molar-refractivity contribution in [1.29, 1.82) is 0 Å². The first kappa shape index (κ1) is 13.5. The lowest BCUT2D eigenvalue weighted by Crippen LogP contribution is -2.01. The predicted molar refractivity (Wildman–Crippen MR) is 77.6 cm³/mol. The average Bonchev–Trinajstić information content (AvgIpc) is 2.37. The third kappa shape index (κ3) is 3.78. The van der Waals surface area contributed by atoms with Crippen LogP contribution < -0.4 is 4.74 Å². The van der Waals surface area contributed by atoms with E-state index in [4.69, 9.17) is 4.74 Å². The van der Waals surface area contributed by atoms with Crippen LogP contribution in [-0.4, -0.2) is 9.97 Å². The molecule has 1 aromatic carbocycles. The van der Waals surface area contributed by atoms with Gasteiger partial charge in [0.1, 0.15) is 17.0 Å². The second-order valence-corrected chi connectivity index (χ2v) is 5.44. The van der Waals surface area contributed by atoms with E-state index in [1.165, 1.54) is 0 Å². The summed E-state index contributed by atoms with van der Waals surface area (Å²) in [4.78, 5) is 8.55. The first-order valence-electron chi connectivity index (χ1n) is 5.58. The van der Waals surface area contributed by atoms with Gasteiger partial charge in [0.25, 0.3) is 0 Å². The number of hydrogen-bond donors (Lipinski definition) is 0. The van der Waals surface area contributed by atoms with Crippen molar-refractivity contribution < 1.29 is 4.74 Å². The van der Waals surface area contributed by atoms with Crippen molar-refractivity contribution in [2.24, 2.45) is 0 Å². The molecule has 0 unspecified atom stereocenters. The molecule has 0 amide bonds. The molecule has 0 spiro atoms. The lowest BCUT2D eigenvalue weighted by Gasteiger charge is -2.07. The molecule has 5 heteroatoms. The molecule has 0 fully saturated rings. The number of benzene rings is 1. The molecule has 18 heavy (non-hydrogen) atoms. The molecule has 1 heterocycles. The Bertz CT molecular complexity index is 529. The molecule has 0 saturated heterocycles. The van der Waals surface area contributed by atoms with E-state index in [1.807, 2.05) is 31.2 Å². The molecule has 0 N–H and O–H groups in total. The van der Waals surface area contributed by atoms with E-state index in [9.17, 15) is 0 Å². The van der Waals surface area contributed by atoms with E-state index < -0.39 is 0 Å². The largest absolute Gasteiger partial charge is 0.473 e. The van der Waals surface area contributed by atoms with Crippen LogP contribution in [-0.2, 0) is 13.0 Å². The van der Waals surface area contributed by atoms with Gasteiger partial charge >= 0.3 is 0 Å². The summed E-state index contributed by atoms with van der Waals surface area (Å²) in [5, 5.41) is 0. The van der Waals surface area contributed by atoms with Crippen LogP contribution in [0.15, 0.2) is 39.4 Å². The lowest BCUT2D eigenvalue weighted by molar-refractivity contribution is 0.292. The third-order valence-corrected chi connectivity index (χ3v) is 3.27. The van der Waals surface area contributed by atoms with Gasteiger partial charge in [-0.1, -0.05) is 35.0 Å². The molecule has 0 saturated carbocycles. The standard InChI is InChI=1S/C13H12Br2N2O/c1-2-12-16-11(15)7-13(17-12)18-8-9-3-5-10(14)6-4-9/h3-7H,2,8H2,1H3. The molecule has 2 rings (SSSR count). The van der Waals surface area contributed by atoms with Gasteiger partial charge in [-0.2, -0.15) is 4.98 Å². The van der Waals surface area contributed by atoms with Gasteiger partial charge in [0.15, 0.2) is 0 Å².